The molecule has 0 radical (unpaired) electrons. The number of rotatable bonds is 14. The highest BCUT2D eigenvalue weighted by atomic mass is 16.1. The Labute approximate surface area is 223 Å². The molecule has 36 heavy (non-hydrogen) atoms. The fourth-order valence-electron chi connectivity index (χ4n) is 4.28. The minimum Gasteiger partial charge on any atom is -0.381 e. The summed E-state index contributed by atoms with van der Waals surface area (Å²) in [5.41, 5.74) is 6.01. The van der Waals surface area contributed by atoms with E-state index in [1.54, 1.807) is 5.56 Å². The van der Waals surface area contributed by atoms with Crippen LogP contribution in [0.25, 0.3) is 5.70 Å². The Balaban J connectivity index is 0.000000635. The van der Waals surface area contributed by atoms with E-state index in [-0.39, 0.29) is 0 Å². The number of benzene rings is 2. The van der Waals surface area contributed by atoms with Gasteiger partial charge in [-0.15, -0.1) is 0 Å². The van der Waals surface area contributed by atoms with Crippen molar-refractivity contribution in [2.24, 2.45) is 5.92 Å². The summed E-state index contributed by atoms with van der Waals surface area (Å²) in [6, 6.07) is 19.4. The maximum Gasteiger partial charge on any atom is 0.116 e. The van der Waals surface area contributed by atoms with Crippen LogP contribution < -0.4 is 5.32 Å². The number of aldehydes is 1. The van der Waals surface area contributed by atoms with Gasteiger partial charge in [-0.05, 0) is 56.6 Å². The summed E-state index contributed by atoms with van der Waals surface area (Å²) >= 11 is 0. The van der Waals surface area contributed by atoms with Crippen molar-refractivity contribution < 1.29 is 4.79 Å². The second kappa shape index (κ2) is 21.7. The van der Waals surface area contributed by atoms with Crippen LogP contribution in [-0.2, 0) is 4.79 Å². The molecule has 2 aromatic rings. The number of hydrogen-bond donors (Lipinski definition) is 1. The fourth-order valence-corrected chi connectivity index (χ4v) is 4.28. The van der Waals surface area contributed by atoms with Crippen molar-refractivity contribution in [1.29, 1.82) is 0 Å². The summed E-state index contributed by atoms with van der Waals surface area (Å²) in [4.78, 5) is 8.81. The van der Waals surface area contributed by atoms with Crippen LogP contribution in [0.2, 0.25) is 0 Å². The van der Waals surface area contributed by atoms with E-state index in [1.165, 1.54) is 63.9 Å². The van der Waals surface area contributed by atoms with E-state index in [1.807, 2.05) is 6.92 Å². The molecule has 0 aromatic heterocycles. The second-order valence-electron chi connectivity index (χ2n) is 9.78. The first-order chi connectivity index (χ1) is 17.3. The maximum atomic E-state index is 8.81. The van der Waals surface area contributed by atoms with E-state index in [0.29, 0.717) is 0 Å². The van der Waals surface area contributed by atoms with Crippen molar-refractivity contribution in [3.05, 3.63) is 90.0 Å². The lowest BCUT2D eigenvalue weighted by Crippen LogP contribution is -2.13. The molecule has 0 aliphatic heterocycles. The third-order valence-electron chi connectivity index (χ3n) is 6.35. The van der Waals surface area contributed by atoms with E-state index in [4.69, 9.17) is 4.79 Å². The molecule has 2 rings (SSSR count). The molecule has 2 aromatic carbocycles. The number of hydrogen-bond acceptors (Lipinski definition) is 2. The van der Waals surface area contributed by atoms with E-state index in [9.17, 15) is 0 Å². The molecule has 0 saturated heterocycles. The Hall–Kier alpha value is -2.61. The van der Waals surface area contributed by atoms with E-state index in [0.717, 1.165) is 41.5 Å². The molecule has 1 N–H and O–H groups in total. The lowest BCUT2D eigenvalue weighted by Gasteiger charge is -2.19. The molecule has 2 unspecified atom stereocenters. The van der Waals surface area contributed by atoms with Crippen molar-refractivity contribution >= 4 is 12.0 Å². The van der Waals surface area contributed by atoms with E-state index in [2.05, 4.69) is 101 Å². The molecule has 0 bridgehead atoms. The molecular weight excluding hydrogens is 438 g/mol. The predicted octanol–water partition coefficient (Wildman–Crippen LogP) is 9.90. The molecule has 0 heterocycles. The van der Waals surface area contributed by atoms with Gasteiger partial charge in [0.25, 0.3) is 0 Å². The Kier molecular flexibility index (Phi) is 20.1. The highest BCUT2D eigenvalue weighted by Gasteiger charge is 2.12. The summed E-state index contributed by atoms with van der Waals surface area (Å²) < 4.78 is 0. The molecule has 2 nitrogen and oxygen atoms in total. The number of carbonyl (C=O) groups excluding carboxylic acids is 1. The summed E-state index contributed by atoms with van der Waals surface area (Å²) in [6.45, 7) is 21.1. The lowest BCUT2D eigenvalue weighted by atomic mass is 9.87. The van der Waals surface area contributed by atoms with Gasteiger partial charge in [0.15, 0.2) is 0 Å². The third kappa shape index (κ3) is 16.1. The van der Waals surface area contributed by atoms with Crippen molar-refractivity contribution in [1.82, 2.24) is 5.32 Å². The Bertz CT molecular complexity index is 822. The van der Waals surface area contributed by atoms with Crippen molar-refractivity contribution in [2.75, 3.05) is 6.54 Å². The zero-order valence-corrected chi connectivity index (χ0v) is 24.1. The average Bonchev–Trinajstić information content (AvgIpc) is 2.88. The monoisotopic (exact) mass is 491 g/mol. The van der Waals surface area contributed by atoms with Crippen LogP contribution in [0.15, 0.2) is 73.3 Å². The Morgan fingerprint density at radius 1 is 0.889 bits per heavy atom. The normalized spacial score (nSPS) is 11.6. The van der Waals surface area contributed by atoms with Crippen LogP contribution in [-0.4, -0.2) is 12.8 Å². The number of carbonyl (C=O) groups is 1. The van der Waals surface area contributed by atoms with Gasteiger partial charge in [-0.2, -0.15) is 0 Å². The highest BCUT2D eigenvalue weighted by Crippen LogP contribution is 2.28. The first kappa shape index (κ1) is 33.4. The van der Waals surface area contributed by atoms with Crippen LogP contribution in [0.1, 0.15) is 109 Å². The SMILES string of the molecule is C=C(C)CNC(=C)c1ccc(C)cc1.CC=O.CCCC(CC)CCCC(CCC)c1ccccc1. The predicted molar refractivity (Wildman–Crippen MR) is 161 cm³/mol. The van der Waals surface area contributed by atoms with Crippen LogP contribution in [0.5, 0.6) is 0 Å². The molecule has 2 heteroatoms. The molecule has 200 valence electrons. The average molecular weight is 492 g/mol. The molecule has 0 amide bonds. The topological polar surface area (TPSA) is 29.1 Å². The zero-order chi connectivity index (χ0) is 27.2. The van der Waals surface area contributed by atoms with Gasteiger partial charge in [0.2, 0.25) is 0 Å². The minimum atomic E-state index is 0.750. The van der Waals surface area contributed by atoms with Gasteiger partial charge >= 0.3 is 0 Å². The minimum absolute atomic E-state index is 0.750. The summed E-state index contributed by atoms with van der Waals surface area (Å²) in [5.74, 6) is 1.74. The molecule has 0 fully saturated rings. The van der Waals surface area contributed by atoms with E-state index < -0.39 is 0 Å². The fraction of sp³-hybridized carbons (Fsp3) is 0.500. The largest absolute Gasteiger partial charge is 0.381 e. The number of aryl methyl sites for hydroxylation is 1. The molecule has 0 aliphatic carbocycles. The molecule has 0 aliphatic rings. The van der Waals surface area contributed by atoms with E-state index >= 15 is 0 Å². The van der Waals surface area contributed by atoms with Gasteiger partial charge in [0.1, 0.15) is 6.29 Å². The smallest absolute Gasteiger partial charge is 0.116 e. The molecule has 0 spiro atoms. The molecular formula is C34H53NO. The van der Waals surface area contributed by atoms with Crippen LogP contribution >= 0.6 is 0 Å². The van der Waals surface area contributed by atoms with Gasteiger partial charge in [0.05, 0.1) is 0 Å². The van der Waals surface area contributed by atoms with Gasteiger partial charge in [0, 0.05) is 12.2 Å². The Morgan fingerprint density at radius 2 is 1.47 bits per heavy atom. The summed E-state index contributed by atoms with van der Waals surface area (Å²) in [7, 11) is 0. The van der Waals surface area contributed by atoms with Crippen molar-refractivity contribution in [3.63, 3.8) is 0 Å². The summed E-state index contributed by atoms with van der Waals surface area (Å²) in [5, 5.41) is 3.22. The van der Waals surface area contributed by atoms with Crippen LogP contribution in [0.3, 0.4) is 0 Å². The van der Waals surface area contributed by atoms with Gasteiger partial charge < -0.3 is 10.1 Å². The number of nitrogens with one attached hydrogen (secondary N) is 1. The zero-order valence-electron chi connectivity index (χ0n) is 24.1. The lowest BCUT2D eigenvalue weighted by molar-refractivity contribution is -0.106. The first-order valence-electron chi connectivity index (χ1n) is 13.9. The van der Waals surface area contributed by atoms with Crippen LogP contribution in [0.4, 0.5) is 0 Å². The first-order valence-corrected chi connectivity index (χ1v) is 13.9. The van der Waals surface area contributed by atoms with Gasteiger partial charge in [-0.1, -0.05) is 138 Å². The Morgan fingerprint density at radius 3 is 1.97 bits per heavy atom. The second-order valence-corrected chi connectivity index (χ2v) is 9.78. The standard InChI is InChI=1S/C19H32.C13H17N.C2H4O/c1-4-11-17(6-3)13-10-16-18(12-5-2)19-14-8-7-9-15-19;1-10(2)9-14-12(4)13-7-5-11(3)6-8-13;1-2-3/h7-9,14-15,17-18H,4-6,10-13,16H2,1-3H3;5-8,14H,1,4,9H2,2-3H3;2H,1H3. The third-order valence-corrected chi connectivity index (χ3v) is 6.35. The maximum absolute atomic E-state index is 8.81. The highest BCUT2D eigenvalue weighted by molar-refractivity contribution is 5.61. The van der Waals surface area contributed by atoms with Crippen LogP contribution in [0, 0.1) is 12.8 Å². The summed E-state index contributed by atoms with van der Waals surface area (Å²) in [6.07, 6.45) is 11.7. The van der Waals surface area contributed by atoms with Gasteiger partial charge in [-0.25, -0.2) is 0 Å². The quantitative estimate of drug-likeness (QED) is 0.210. The van der Waals surface area contributed by atoms with Crippen molar-refractivity contribution in [3.8, 4) is 0 Å². The van der Waals surface area contributed by atoms with Gasteiger partial charge in [-0.3, -0.25) is 0 Å². The molecule has 0 saturated carbocycles. The van der Waals surface area contributed by atoms with Crippen molar-refractivity contribution in [2.45, 2.75) is 98.8 Å². The molecule has 2 atom stereocenters.